The number of rotatable bonds is 5. The van der Waals surface area contributed by atoms with Crippen molar-refractivity contribution in [1.82, 2.24) is 5.32 Å². The Labute approximate surface area is 163 Å². The van der Waals surface area contributed by atoms with Gasteiger partial charge in [-0.05, 0) is 97.2 Å². The van der Waals surface area contributed by atoms with Gasteiger partial charge < -0.3 is 10.6 Å². The zero-order valence-electron chi connectivity index (χ0n) is 14.7. The minimum Gasteiger partial charge on any atom is -0.387 e. The van der Waals surface area contributed by atoms with E-state index in [1.807, 2.05) is 31.2 Å². The number of fused-ring (bicyclic) bond motifs is 2. The first-order chi connectivity index (χ1) is 12.0. The van der Waals surface area contributed by atoms with E-state index in [1.165, 1.54) is 25.7 Å². The molecule has 1 aromatic carbocycles. The molecular formula is C20H24IN3O. The second-order valence-corrected chi connectivity index (χ2v) is 8.62. The van der Waals surface area contributed by atoms with Crippen LogP contribution >= 0.6 is 22.6 Å². The van der Waals surface area contributed by atoms with Crippen LogP contribution in [0, 0.1) is 39.6 Å². The van der Waals surface area contributed by atoms with Crippen molar-refractivity contribution < 1.29 is 4.79 Å². The van der Waals surface area contributed by atoms with E-state index in [2.05, 4.69) is 40.1 Å². The van der Waals surface area contributed by atoms with Crippen LogP contribution in [0.15, 0.2) is 30.0 Å². The van der Waals surface area contributed by atoms with Gasteiger partial charge in [-0.25, -0.2) is 0 Å². The Bertz CT molecular complexity index is 737. The number of nitrogens with zero attached hydrogens (tertiary/aromatic N) is 1. The molecule has 1 aromatic rings. The van der Waals surface area contributed by atoms with Gasteiger partial charge in [-0.15, -0.1) is 0 Å². The highest BCUT2D eigenvalue weighted by Crippen LogP contribution is 2.49. The normalized spacial score (nSPS) is 26.2. The molecule has 0 saturated heterocycles. The van der Waals surface area contributed by atoms with Gasteiger partial charge in [-0.3, -0.25) is 4.79 Å². The summed E-state index contributed by atoms with van der Waals surface area (Å²) in [6, 6.07) is 8.13. The van der Waals surface area contributed by atoms with Crippen LogP contribution < -0.4 is 10.6 Å². The molecule has 4 atom stereocenters. The molecule has 132 valence electrons. The smallest absolute Gasteiger partial charge is 0.267 e. The summed E-state index contributed by atoms with van der Waals surface area (Å²) in [7, 11) is 0. The standard InChI is InChI=1S/C20H24IN3O/c1-12-7-17(21)5-6-19(12)24-20(25)16(10-22)11-23-13(2)18-9-14-3-4-15(18)8-14/h5-7,11,13-15,18,23H,3-4,8-9H2,1-2H3,(H,24,25)/b16-11-. The summed E-state index contributed by atoms with van der Waals surface area (Å²) in [6.45, 7) is 4.11. The molecule has 0 radical (unpaired) electrons. The highest BCUT2D eigenvalue weighted by atomic mass is 127. The molecule has 0 aromatic heterocycles. The number of anilines is 1. The minimum absolute atomic E-state index is 0.118. The van der Waals surface area contributed by atoms with Crippen LogP contribution in [-0.2, 0) is 4.79 Å². The van der Waals surface area contributed by atoms with E-state index in [1.54, 1.807) is 6.20 Å². The number of halogens is 1. The average molecular weight is 449 g/mol. The van der Waals surface area contributed by atoms with Crippen molar-refractivity contribution in [2.45, 2.75) is 45.6 Å². The van der Waals surface area contributed by atoms with Crippen LogP contribution in [-0.4, -0.2) is 11.9 Å². The number of carbonyl (C=O) groups is 1. The van der Waals surface area contributed by atoms with Gasteiger partial charge in [0.05, 0.1) is 0 Å². The number of nitrogens with one attached hydrogen (secondary N) is 2. The third-order valence-corrected chi connectivity index (χ3v) is 6.40. The van der Waals surface area contributed by atoms with Crippen molar-refractivity contribution in [3.8, 4) is 6.07 Å². The lowest BCUT2D eigenvalue weighted by Crippen LogP contribution is -2.34. The lowest BCUT2D eigenvalue weighted by Gasteiger charge is -2.28. The summed E-state index contributed by atoms with van der Waals surface area (Å²) in [5.74, 6) is 2.01. The predicted molar refractivity (Wildman–Crippen MR) is 108 cm³/mol. The van der Waals surface area contributed by atoms with Crippen LogP contribution in [0.4, 0.5) is 5.69 Å². The van der Waals surface area contributed by atoms with Gasteiger partial charge in [0.25, 0.3) is 5.91 Å². The van der Waals surface area contributed by atoms with Crippen LogP contribution in [0.1, 0.15) is 38.2 Å². The first-order valence-corrected chi connectivity index (χ1v) is 9.99. The average Bonchev–Trinajstić information content (AvgIpc) is 3.21. The maximum Gasteiger partial charge on any atom is 0.267 e. The van der Waals surface area contributed by atoms with Gasteiger partial charge in [-0.1, -0.05) is 6.42 Å². The molecule has 0 spiro atoms. The van der Waals surface area contributed by atoms with Crippen molar-refractivity contribution in [2.75, 3.05) is 5.32 Å². The Morgan fingerprint density at radius 1 is 1.40 bits per heavy atom. The summed E-state index contributed by atoms with van der Waals surface area (Å²) >= 11 is 2.24. The number of aryl methyl sites for hydroxylation is 1. The quantitative estimate of drug-likeness (QED) is 0.399. The van der Waals surface area contributed by atoms with E-state index in [0.717, 1.165) is 26.7 Å². The number of hydrogen-bond acceptors (Lipinski definition) is 3. The number of amides is 1. The summed E-state index contributed by atoms with van der Waals surface area (Å²) in [6.07, 6.45) is 6.95. The predicted octanol–water partition coefficient (Wildman–Crippen LogP) is 4.36. The lowest BCUT2D eigenvalue weighted by atomic mass is 9.84. The summed E-state index contributed by atoms with van der Waals surface area (Å²) in [4.78, 5) is 12.4. The Morgan fingerprint density at radius 3 is 2.80 bits per heavy atom. The van der Waals surface area contributed by atoms with Gasteiger partial charge in [0, 0.05) is 21.5 Å². The molecule has 2 aliphatic carbocycles. The summed E-state index contributed by atoms with van der Waals surface area (Å²) in [5, 5.41) is 15.5. The Morgan fingerprint density at radius 2 is 2.20 bits per heavy atom. The van der Waals surface area contributed by atoms with Crippen molar-refractivity contribution in [2.24, 2.45) is 17.8 Å². The van der Waals surface area contributed by atoms with E-state index in [4.69, 9.17) is 0 Å². The fourth-order valence-electron chi connectivity index (χ4n) is 4.35. The van der Waals surface area contributed by atoms with Crippen molar-refractivity contribution in [1.29, 1.82) is 5.26 Å². The largest absolute Gasteiger partial charge is 0.387 e. The van der Waals surface area contributed by atoms with E-state index in [0.29, 0.717) is 12.0 Å². The van der Waals surface area contributed by atoms with Gasteiger partial charge >= 0.3 is 0 Å². The highest BCUT2D eigenvalue weighted by Gasteiger charge is 2.41. The Kier molecular flexibility index (Phi) is 5.67. The van der Waals surface area contributed by atoms with Crippen LogP contribution in [0.25, 0.3) is 0 Å². The van der Waals surface area contributed by atoms with Crippen molar-refractivity contribution >= 4 is 34.2 Å². The zero-order valence-corrected chi connectivity index (χ0v) is 16.8. The molecule has 4 nitrogen and oxygen atoms in total. The lowest BCUT2D eigenvalue weighted by molar-refractivity contribution is -0.112. The number of nitriles is 1. The van der Waals surface area contributed by atoms with Crippen LogP contribution in [0.3, 0.4) is 0 Å². The van der Waals surface area contributed by atoms with E-state index >= 15 is 0 Å². The van der Waals surface area contributed by atoms with Gasteiger partial charge in [0.2, 0.25) is 0 Å². The number of hydrogen-bond donors (Lipinski definition) is 2. The molecule has 2 saturated carbocycles. The molecule has 2 bridgehead atoms. The molecule has 2 N–H and O–H groups in total. The monoisotopic (exact) mass is 449 g/mol. The van der Waals surface area contributed by atoms with E-state index < -0.39 is 0 Å². The topological polar surface area (TPSA) is 64.9 Å². The van der Waals surface area contributed by atoms with Crippen molar-refractivity contribution in [3.05, 3.63) is 39.1 Å². The maximum absolute atomic E-state index is 12.4. The Hall–Kier alpha value is -1.55. The third kappa shape index (κ3) is 4.17. The molecule has 4 unspecified atom stereocenters. The highest BCUT2D eigenvalue weighted by molar-refractivity contribution is 14.1. The van der Waals surface area contributed by atoms with Crippen LogP contribution in [0.2, 0.25) is 0 Å². The summed E-state index contributed by atoms with van der Waals surface area (Å²) in [5.41, 5.74) is 1.85. The molecule has 5 heteroatoms. The SMILES string of the molecule is Cc1cc(I)ccc1NC(=O)/C(C#N)=C\NC(C)C1CC2CCC1C2. The molecule has 0 heterocycles. The second kappa shape index (κ2) is 7.77. The van der Waals surface area contributed by atoms with Gasteiger partial charge in [-0.2, -0.15) is 5.26 Å². The summed E-state index contributed by atoms with van der Waals surface area (Å²) < 4.78 is 1.12. The van der Waals surface area contributed by atoms with Gasteiger partial charge in [0.1, 0.15) is 11.6 Å². The van der Waals surface area contributed by atoms with E-state index in [-0.39, 0.29) is 11.5 Å². The first-order valence-electron chi connectivity index (χ1n) is 8.91. The minimum atomic E-state index is -0.362. The second-order valence-electron chi connectivity index (χ2n) is 7.38. The molecule has 1 amide bonds. The third-order valence-electron chi connectivity index (χ3n) is 5.73. The Balaban J connectivity index is 1.61. The number of carbonyl (C=O) groups excluding carboxylic acids is 1. The zero-order chi connectivity index (χ0) is 18.0. The molecule has 0 aliphatic heterocycles. The molecule has 3 rings (SSSR count). The molecule has 25 heavy (non-hydrogen) atoms. The van der Waals surface area contributed by atoms with Gasteiger partial charge in [0.15, 0.2) is 0 Å². The maximum atomic E-state index is 12.4. The molecular weight excluding hydrogens is 425 g/mol. The molecule has 2 aliphatic rings. The molecule has 2 fully saturated rings. The van der Waals surface area contributed by atoms with Crippen LogP contribution in [0.5, 0.6) is 0 Å². The fourth-order valence-corrected chi connectivity index (χ4v) is 5.00. The number of benzene rings is 1. The first kappa shape index (κ1) is 18.2. The fraction of sp³-hybridized carbons (Fsp3) is 0.500. The van der Waals surface area contributed by atoms with Crippen molar-refractivity contribution in [3.63, 3.8) is 0 Å². The van der Waals surface area contributed by atoms with E-state index in [9.17, 15) is 10.1 Å².